The zero-order valence-electron chi connectivity index (χ0n) is 17.8. The van der Waals surface area contributed by atoms with Crippen LogP contribution in [0.2, 0.25) is 5.02 Å². The minimum absolute atomic E-state index is 0.223. The number of rotatable bonds is 7. The molecule has 0 unspecified atom stereocenters. The van der Waals surface area contributed by atoms with E-state index in [4.69, 9.17) is 11.6 Å². The van der Waals surface area contributed by atoms with E-state index >= 15 is 0 Å². The lowest BCUT2D eigenvalue weighted by Crippen LogP contribution is -2.24. The summed E-state index contributed by atoms with van der Waals surface area (Å²) in [6, 6.07) is 22.9. The molecule has 6 heteroatoms. The van der Waals surface area contributed by atoms with Crippen LogP contribution in [0.1, 0.15) is 39.6 Å². The first-order chi connectivity index (χ1) is 15.6. The maximum atomic E-state index is 13.1. The van der Waals surface area contributed by atoms with Crippen LogP contribution in [0, 0.1) is 0 Å². The SMILES string of the molecule is CCCNC(=O)c1ccc(NC(=O)c2cn(Cc3ccccc3)c3ccccc23)cc1Cl. The smallest absolute Gasteiger partial charge is 0.257 e. The van der Waals surface area contributed by atoms with E-state index in [0.29, 0.717) is 34.9 Å². The molecule has 162 valence electrons. The number of halogens is 1. The first kappa shape index (κ1) is 21.7. The van der Waals surface area contributed by atoms with Crippen molar-refractivity contribution >= 4 is 40.0 Å². The number of amides is 2. The quantitative estimate of drug-likeness (QED) is 0.381. The minimum Gasteiger partial charge on any atom is -0.352 e. The van der Waals surface area contributed by atoms with Gasteiger partial charge in [-0.25, -0.2) is 0 Å². The Bertz CT molecular complexity index is 1260. The summed E-state index contributed by atoms with van der Waals surface area (Å²) >= 11 is 6.31. The van der Waals surface area contributed by atoms with Crippen LogP contribution in [-0.4, -0.2) is 22.9 Å². The van der Waals surface area contributed by atoms with Crippen molar-refractivity contribution in [3.8, 4) is 0 Å². The number of carbonyl (C=O) groups is 2. The van der Waals surface area contributed by atoms with Gasteiger partial charge in [-0.1, -0.05) is 67.1 Å². The fraction of sp³-hybridized carbons (Fsp3) is 0.154. The molecule has 0 aliphatic rings. The Morgan fingerprint density at radius 2 is 1.66 bits per heavy atom. The van der Waals surface area contributed by atoms with Gasteiger partial charge >= 0.3 is 0 Å². The van der Waals surface area contributed by atoms with E-state index in [0.717, 1.165) is 22.9 Å². The number of hydrogen-bond donors (Lipinski definition) is 2. The second kappa shape index (κ2) is 9.71. The molecule has 5 nitrogen and oxygen atoms in total. The van der Waals surface area contributed by atoms with Crippen LogP contribution < -0.4 is 10.6 Å². The molecular formula is C26H24ClN3O2. The van der Waals surface area contributed by atoms with Gasteiger partial charge in [0.25, 0.3) is 11.8 Å². The maximum absolute atomic E-state index is 13.1. The van der Waals surface area contributed by atoms with Crippen molar-refractivity contribution in [2.45, 2.75) is 19.9 Å². The van der Waals surface area contributed by atoms with E-state index in [1.165, 1.54) is 0 Å². The predicted molar refractivity (Wildman–Crippen MR) is 130 cm³/mol. The summed E-state index contributed by atoms with van der Waals surface area (Å²) in [5, 5.41) is 6.89. The largest absolute Gasteiger partial charge is 0.352 e. The molecule has 3 aromatic carbocycles. The fourth-order valence-corrected chi connectivity index (χ4v) is 3.91. The molecular weight excluding hydrogens is 422 g/mol. The first-order valence-electron chi connectivity index (χ1n) is 10.6. The molecule has 0 bridgehead atoms. The molecule has 2 N–H and O–H groups in total. The maximum Gasteiger partial charge on any atom is 0.257 e. The van der Waals surface area contributed by atoms with Gasteiger partial charge in [0, 0.05) is 35.9 Å². The number of anilines is 1. The van der Waals surface area contributed by atoms with Gasteiger partial charge in [0.1, 0.15) is 0 Å². The van der Waals surface area contributed by atoms with Crippen LogP contribution in [0.4, 0.5) is 5.69 Å². The highest BCUT2D eigenvalue weighted by Gasteiger charge is 2.17. The van der Waals surface area contributed by atoms with Crippen molar-refractivity contribution in [3.63, 3.8) is 0 Å². The van der Waals surface area contributed by atoms with Crippen molar-refractivity contribution in [3.05, 3.63) is 101 Å². The molecule has 32 heavy (non-hydrogen) atoms. The Kier molecular flexibility index (Phi) is 6.57. The molecule has 0 spiro atoms. The molecule has 4 rings (SSSR count). The molecule has 0 fully saturated rings. The summed E-state index contributed by atoms with van der Waals surface area (Å²) in [6.07, 6.45) is 2.72. The molecule has 1 aromatic heterocycles. The van der Waals surface area contributed by atoms with E-state index in [2.05, 4.69) is 27.3 Å². The van der Waals surface area contributed by atoms with E-state index in [1.54, 1.807) is 18.2 Å². The Labute approximate surface area is 192 Å². The van der Waals surface area contributed by atoms with Crippen LogP contribution in [0.3, 0.4) is 0 Å². The van der Waals surface area contributed by atoms with Gasteiger partial charge in [-0.15, -0.1) is 0 Å². The number of benzene rings is 3. The van der Waals surface area contributed by atoms with Crippen LogP contribution in [0.15, 0.2) is 79.0 Å². The molecule has 0 radical (unpaired) electrons. The number of fused-ring (bicyclic) bond motifs is 1. The lowest BCUT2D eigenvalue weighted by molar-refractivity contribution is 0.0953. The van der Waals surface area contributed by atoms with Gasteiger partial charge in [0.15, 0.2) is 0 Å². The Hall–Kier alpha value is -3.57. The number of nitrogens with zero attached hydrogens (tertiary/aromatic N) is 1. The van der Waals surface area contributed by atoms with E-state index in [1.807, 2.05) is 55.6 Å². The number of carbonyl (C=O) groups excluding carboxylic acids is 2. The van der Waals surface area contributed by atoms with E-state index < -0.39 is 0 Å². The average molecular weight is 446 g/mol. The Balaban J connectivity index is 1.58. The van der Waals surface area contributed by atoms with E-state index in [9.17, 15) is 9.59 Å². The highest BCUT2D eigenvalue weighted by Crippen LogP contribution is 2.25. The van der Waals surface area contributed by atoms with Gasteiger partial charge in [0.2, 0.25) is 0 Å². The minimum atomic E-state index is -0.229. The second-order valence-corrected chi connectivity index (χ2v) is 7.99. The summed E-state index contributed by atoms with van der Waals surface area (Å²) < 4.78 is 2.08. The lowest BCUT2D eigenvalue weighted by atomic mass is 10.1. The normalized spacial score (nSPS) is 10.8. The van der Waals surface area contributed by atoms with Gasteiger partial charge < -0.3 is 15.2 Å². The zero-order chi connectivity index (χ0) is 22.5. The average Bonchev–Trinajstić information content (AvgIpc) is 3.17. The van der Waals surface area contributed by atoms with E-state index in [-0.39, 0.29) is 11.8 Å². The standard InChI is InChI=1S/C26H24ClN3O2/c1-2-14-28-25(31)21-13-12-19(15-23(21)27)29-26(32)22-17-30(16-18-8-4-3-5-9-18)24-11-7-6-10-20(22)24/h3-13,15,17H,2,14,16H2,1H3,(H,28,31)(H,29,32). The van der Waals surface area contributed by atoms with Gasteiger partial charge in [0.05, 0.1) is 16.1 Å². The highest BCUT2D eigenvalue weighted by atomic mass is 35.5. The summed E-state index contributed by atoms with van der Waals surface area (Å²) in [6.45, 7) is 3.24. The van der Waals surface area contributed by atoms with Crippen LogP contribution >= 0.6 is 11.6 Å². The molecule has 1 heterocycles. The molecule has 0 aliphatic carbocycles. The third kappa shape index (κ3) is 4.68. The third-order valence-corrected chi connectivity index (χ3v) is 5.55. The molecule has 0 saturated carbocycles. The number of para-hydroxylation sites is 1. The number of aromatic nitrogens is 1. The molecule has 0 aliphatic heterocycles. The third-order valence-electron chi connectivity index (χ3n) is 5.24. The summed E-state index contributed by atoms with van der Waals surface area (Å²) in [4.78, 5) is 25.3. The molecule has 4 aromatic rings. The van der Waals surface area contributed by atoms with Crippen molar-refractivity contribution in [2.24, 2.45) is 0 Å². The van der Waals surface area contributed by atoms with Crippen LogP contribution in [-0.2, 0) is 6.54 Å². The lowest BCUT2D eigenvalue weighted by Gasteiger charge is -2.09. The van der Waals surface area contributed by atoms with Crippen LogP contribution in [0.5, 0.6) is 0 Å². The van der Waals surface area contributed by atoms with Gasteiger partial charge in [-0.3, -0.25) is 9.59 Å². The zero-order valence-corrected chi connectivity index (χ0v) is 18.5. The predicted octanol–water partition coefficient (Wildman–Crippen LogP) is 5.74. The number of nitrogens with one attached hydrogen (secondary N) is 2. The van der Waals surface area contributed by atoms with Gasteiger partial charge in [-0.05, 0) is 36.2 Å². The topological polar surface area (TPSA) is 63.1 Å². The van der Waals surface area contributed by atoms with Crippen LogP contribution in [0.25, 0.3) is 10.9 Å². The summed E-state index contributed by atoms with van der Waals surface area (Å²) in [7, 11) is 0. The fourth-order valence-electron chi connectivity index (χ4n) is 3.65. The monoisotopic (exact) mass is 445 g/mol. The van der Waals surface area contributed by atoms with Crippen molar-refractivity contribution < 1.29 is 9.59 Å². The second-order valence-electron chi connectivity index (χ2n) is 7.58. The molecule has 0 saturated heterocycles. The summed E-state index contributed by atoms with van der Waals surface area (Å²) in [5.74, 6) is -0.453. The van der Waals surface area contributed by atoms with Crippen molar-refractivity contribution in [1.82, 2.24) is 9.88 Å². The van der Waals surface area contributed by atoms with Crippen molar-refractivity contribution in [1.29, 1.82) is 0 Å². The summed E-state index contributed by atoms with van der Waals surface area (Å²) in [5.41, 5.74) is 3.65. The number of hydrogen-bond acceptors (Lipinski definition) is 2. The Morgan fingerprint density at radius 1 is 0.906 bits per heavy atom. The van der Waals surface area contributed by atoms with Gasteiger partial charge in [-0.2, -0.15) is 0 Å². The first-order valence-corrected chi connectivity index (χ1v) is 11.0. The van der Waals surface area contributed by atoms with Crippen molar-refractivity contribution in [2.75, 3.05) is 11.9 Å². The molecule has 2 amide bonds. The highest BCUT2D eigenvalue weighted by molar-refractivity contribution is 6.34. The molecule has 0 atom stereocenters. The Morgan fingerprint density at radius 3 is 2.41 bits per heavy atom.